The second-order valence-electron chi connectivity index (χ2n) is 6.51. The molecule has 0 fully saturated rings. The van der Waals surface area contributed by atoms with Crippen molar-refractivity contribution in [3.05, 3.63) is 74.6 Å². The van der Waals surface area contributed by atoms with Crippen molar-refractivity contribution in [2.75, 3.05) is 7.11 Å². The van der Waals surface area contributed by atoms with E-state index in [9.17, 15) is 14.4 Å². The van der Waals surface area contributed by atoms with Crippen molar-refractivity contribution in [1.82, 2.24) is 10.6 Å². The zero-order chi connectivity index (χ0) is 23.3. The van der Waals surface area contributed by atoms with Crippen LogP contribution in [0.15, 0.2) is 48.5 Å². The molecule has 0 spiro atoms. The van der Waals surface area contributed by atoms with Gasteiger partial charge in [0.05, 0.1) is 28.5 Å². The topological polar surface area (TPSA) is 108 Å². The van der Waals surface area contributed by atoms with E-state index in [1.807, 2.05) is 0 Å². The quantitative estimate of drug-likeness (QED) is 0.199. The fourth-order valence-electron chi connectivity index (χ4n) is 2.89. The molecule has 2 aromatic carbocycles. The minimum atomic E-state index is -0.521. The first-order chi connectivity index (χ1) is 15.3. The van der Waals surface area contributed by atoms with E-state index >= 15 is 0 Å². The molecule has 0 radical (unpaired) electrons. The number of thiophene rings is 1. The first-order valence-corrected chi connectivity index (χ1v) is 10.7. The summed E-state index contributed by atoms with van der Waals surface area (Å²) in [5.41, 5.74) is 1.74. The zero-order valence-corrected chi connectivity index (χ0v) is 19.0. The number of benzene rings is 2. The first kappa shape index (κ1) is 23.5. The number of nitrogens with one attached hydrogen (secondary N) is 3. The van der Waals surface area contributed by atoms with Gasteiger partial charge in [0.1, 0.15) is 5.75 Å². The molecule has 0 aliphatic rings. The molecule has 164 valence electrons. The molecule has 3 aromatic rings. The number of carbonyl (C=O) groups is 3. The highest BCUT2D eigenvalue weighted by Crippen LogP contribution is 2.37. The zero-order valence-electron chi connectivity index (χ0n) is 16.7. The highest BCUT2D eigenvalue weighted by Gasteiger charge is 2.20. The Labute approximate surface area is 197 Å². The summed E-state index contributed by atoms with van der Waals surface area (Å²) in [5.74, 6) is -0.535. The SMILES string of the molecule is COc1ccc(C(=O)c2cc(CC(=O)NC(=N)NC=O)c(-c3ccc(Cl)c(Cl)c3)s2)cc1. The third-order valence-corrected chi connectivity index (χ3v) is 6.35. The van der Waals surface area contributed by atoms with Crippen molar-refractivity contribution in [2.24, 2.45) is 0 Å². The van der Waals surface area contributed by atoms with Crippen LogP contribution in [0.4, 0.5) is 0 Å². The number of carbonyl (C=O) groups excluding carboxylic acids is 3. The van der Waals surface area contributed by atoms with Crippen LogP contribution >= 0.6 is 34.5 Å². The number of amides is 2. The summed E-state index contributed by atoms with van der Waals surface area (Å²) < 4.78 is 5.13. The Bertz CT molecular complexity index is 1190. The minimum absolute atomic E-state index is 0.120. The normalized spacial score (nSPS) is 10.3. The number of guanidine groups is 1. The van der Waals surface area contributed by atoms with Gasteiger partial charge in [-0.05, 0) is 53.6 Å². The van der Waals surface area contributed by atoms with E-state index in [0.29, 0.717) is 48.6 Å². The number of rotatable bonds is 7. The molecule has 1 heterocycles. The van der Waals surface area contributed by atoms with Crippen molar-refractivity contribution < 1.29 is 19.1 Å². The second kappa shape index (κ2) is 10.4. The lowest BCUT2D eigenvalue weighted by atomic mass is 10.0. The van der Waals surface area contributed by atoms with E-state index in [0.717, 1.165) is 0 Å². The molecule has 0 saturated carbocycles. The van der Waals surface area contributed by atoms with Gasteiger partial charge in [0.25, 0.3) is 0 Å². The standard InChI is InChI=1S/C22H17Cl2N3O4S/c1-31-15-5-2-12(3-6-15)20(30)18-9-14(10-19(29)27-22(25)26-11-28)21(32-18)13-4-7-16(23)17(24)8-13/h2-9,11H,10H2,1H3,(H3,25,26,27,28,29). The number of ketones is 1. The van der Waals surface area contributed by atoms with Gasteiger partial charge in [0, 0.05) is 10.4 Å². The fourth-order valence-corrected chi connectivity index (χ4v) is 4.33. The minimum Gasteiger partial charge on any atom is -0.497 e. The van der Waals surface area contributed by atoms with Gasteiger partial charge in [-0.1, -0.05) is 29.3 Å². The molecule has 7 nitrogen and oxygen atoms in total. The van der Waals surface area contributed by atoms with Gasteiger partial charge in [0.2, 0.25) is 24.1 Å². The molecular weight excluding hydrogens is 473 g/mol. The lowest BCUT2D eigenvalue weighted by molar-refractivity contribution is -0.119. The summed E-state index contributed by atoms with van der Waals surface area (Å²) in [6.07, 6.45) is 0.171. The maximum Gasteiger partial charge on any atom is 0.231 e. The van der Waals surface area contributed by atoms with Crippen LogP contribution in [0.3, 0.4) is 0 Å². The summed E-state index contributed by atoms with van der Waals surface area (Å²) in [4.78, 5) is 37.0. The van der Waals surface area contributed by atoms with E-state index in [1.54, 1.807) is 55.6 Å². The number of methoxy groups -OCH3 is 1. The Kier molecular flexibility index (Phi) is 7.63. The molecule has 3 rings (SSSR count). The molecule has 0 bridgehead atoms. The Morgan fingerprint density at radius 1 is 1.09 bits per heavy atom. The Morgan fingerprint density at radius 2 is 1.81 bits per heavy atom. The van der Waals surface area contributed by atoms with Gasteiger partial charge in [0.15, 0.2) is 0 Å². The molecule has 0 saturated heterocycles. The average molecular weight is 490 g/mol. The van der Waals surface area contributed by atoms with Crippen LogP contribution in [-0.2, 0) is 16.0 Å². The molecule has 0 unspecified atom stereocenters. The van der Waals surface area contributed by atoms with Crippen LogP contribution in [0, 0.1) is 5.41 Å². The van der Waals surface area contributed by atoms with Gasteiger partial charge in [-0.25, -0.2) is 0 Å². The smallest absolute Gasteiger partial charge is 0.231 e. The van der Waals surface area contributed by atoms with Gasteiger partial charge in [-0.15, -0.1) is 11.3 Å². The Balaban J connectivity index is 1.97. The fraction of sp³-hybridized carbons (Fsp3) is 0.0909. The van der Waals surface area contributed by atoms with E-state index in [1.165, 1.54) is 11.3 Å². The predicted molar refractivity (Wildman–Crippen MR) is 125 cm³/mol. The van der Waals surface area contributed by atoms with Crippen molar-refractivity contribution >= 4 is 58.6 Å². The predicted octanol–water partition coefficient (Wildman–Crippen LogP) is 4.30. The van der Waals surface area contributed by atoms with Crippen LogP contribution in [0.25, 0.3) is 10.4 Å². The van der Waals surface area contributed by atoms with Crippen molar-refractivity contribution in [3.8, 4) is 16.2 Å². The molecule has 2 amide bonds. The lowest BCUT2D eigenvalue weighted by Crippen LogP contribution is -2.40. The first-order valence-electron chi connectivity index (χ1n) is 9.18. The largest absolute Gasteiger partial charge is 0.497 e. The molecule has 32 heavy (non-hydrogen) atoms. The van der Waals surface area contributed by atoms with Gasteiger partial charge >= 0.3 is 0 Å². The Hall–Kier alpha value is -3.20. The number of ether oxygens (including phenoxy) is 1. The molecule has 3 N–H and O–H groups in total. The average Bonchev–Trinajstić information content (AvgIpc) is 3.18. The summed E-state index contributed by atoms with van der Waals surface area (Å²) in [6.45, 7) is 0. The highest BCUT2D eigenvalue weighted by molar-refractivity contribution is 7.17. The van der Waals surface area contributed by atoms with Crippen molar-refractivity contribution in [2.45, 2.75) is 6.42 Å². The molecule has 10 heteroatoms. The van der Waals surface area contributed by atoms with Crippen LogP contribution in [0.2, 0.25) is 10.0 Å². The molecular formula is C22H17Cl2N3O4S. The van der Waals surface area contributed by atoms with Gasteiger partial charge in [-0.2, -0.15) is 0 Å². The monoisotopic (exact) mass is 489 g/mol. The maximum absolute atomic E-state index is 13.1. The van der Waals surface area contributed by atoms with Crippen LogP contribution in [0.5, 0.6) is 5.75 Å². The van der Waals surface area contributed by atoms with Crippen molar-refractivity contribution in [1.29, 1.82) is 5.41 Å². The van der Waals surface area contributed by atoms with E-state index < -0.39 is 11.9 Å². The van der Waals surface area contributed by atoms with E-state index in [-0.39, 0.29) is 12.2 Å². The third-order valence-electron chi connectivity index (χ3n) is 4.39. The van der Waals surface area contributed by atoms with Crippen LogP contribution < -0.4 is 15.4 Å². The summed E-state index contributed by atoms with van der Waals surface area (Å²) >= 11 is 13.4. The van der Waals surface area contributed by atoms with E-state index in [4.69, 9.17) is 33.3 Å². The molecule has 1 aromatic heterocycles. The molecule has 0 aliphatic carbocycles. The molecule has 0 aliphatic heterocycles. The second-order valence-corrected chi connectivity index (χ2v) is 8.38. The Morgan fingerprint density at radius 3 is 2.44 bits per heavy atom. The van der Waals surface area contributed by atoms with Crippen LogP contribution in [-0.4, -0.2) is 31.2 Å². The third kappa shape index (κ3) is 5.53. The van der Waals surface area contributed by atoms with Gasteiger partial charge < -0.3 is 4.74 Å². The maximum atomic E-state index is 13.1. The summed E-state index contributed by atoms with van der Waals surface area (Å²) in [7, 11) is 1.54. The van der Waals surface area contributed by atoms with Crippen molar-refractivity contribution in [3.63, 3.8) is 0 Å². The van der Waals surface area contributed by atoms with Crippen LogP contribution in [0.1, 0.15) is 20.8 Å². The number of halogens is 2. The van der Waals surface area contributed by atoms with Gasteiger partial charge in [-0.3, -0.25) is 30.4 Å². The highest BCUT2D eigenvalue weighted by atomic mass is 35.5. The number of hydrogen-bond donors (Lipinski definition) is 3. The number of hydrogen-bond acceptors (Lipinski definition) is 6. The summed E-state index contributed by atoms with van der Waals surface area (Å²) in [6, 6.07) is 13.4. The summed E-state index contributed by atoms with van der Waals surface area (Å²) in [5, 5.41) is 12.6. The lowest BCUT2D eigenvalue weighted by Gasteiger charge is -2.07. The van der Waals surface area contributed by atoms with E-state index in [2.05, 4.69) is 10.6 Å². The molecule has 0 atom stereocenters.